The maximum Gasteiger partial charge on any atom is 0.185 e. The van der Waals surface area contributed by atoms with Gasteiger partial charge in [0.25, 0.3) is 0 Å². The number of hydrogen-bond donors (Lipinski definition) is 0. The summed E-state index contributed by atoms with van der Waals surface area (Å²) in [4.78, 5) is 20.2. The summed E-state index contributed by atoms with van der Waals surface area (Å²) in [5.74, 6) is 0.186. The SMILES string of the molecule is CCN1/C(=C/C=C2/CC/C(=C/C=C3/Sc4ccccc4N3CC)C2=O)Sc2ccccc21. The lowest BCUT2D eigenvalue weighted by Gasteiger charge is -2.17. The third-order valence-corrected chi connectivity index (χ3v) is 8.27. The van der Waals surface area contributed by atoms with Gasteiger partial charge in [0.15, 0.2) is 5.78 Å². The lowest BCUT2D eigenvalue weighted by atomic mass is 10.1. The van der Waals surface area contributed by atoms with Crippen LogP contribution in [0, 0.1) is 0 Å². The third-order valence-electron chi connectivity index (χ3n) is 6.01. The van der Waals surface area contributed by atoms with Gasteiger partial charge in [-0.2, -0.15) is 0 Å². The number of hydrogen-bond acceptors (Lipinski definition) is 5. The molecule has 2 aliphatic heterocycles. The normalized spacial score (nSPS) is 22.6. The Morgan fingerprint density at radius 2 is 1.16 bits per heavy atom. The van der Waals surface area contributed by atoms with Crippen molar-refractivity contribution < 1.29 is 4.79 Å². The van der Waals surface area contributed by atoms with Crippen LogP contribution < -0.4 is 9.80 Å². The van der Waals surface area contributed by atoms with Crippen molar-refractivity contribution >= 4 is 40.7 Å². The predicted molar refractivity (Wildman–Crippen MR) is 137 cm³/mol. The summed E-state index contributed by atoms with van der Waals surface area (Å²) in [6, 6.07) is 16.9. The Kier molecular flexibility index (Phi) is 6.03. The minimum atomic E-state index is 0.186. The lowest BCUT2D eigenvalue weighted by Crippen LogP contribution is -2.16. The van der Waals surface area contributed by atoms with Gasteiger partial charge in [-0.1, -0.05) is 59.9 Å². The van der Waals surface area contributed by atoms with E-state index in [0.29, 0.717) is 0 Å². The molecule has 0 bridgehead atoms. The maximum absolute atomic E-state index is 13.0. The molecule has 1 fully saturated rings. The van der Waals surface area contributed by atoms with Crippen molar-refractivity contribution in [1.29, 1.82) is 0 Å². The van der Waals surface area contributed by atoms with Crippen LogP contribution in [-0.4, -0.2) is 18.9 Å². The highest BCUT2D eigenvalue weighted by molar-refractivity contribution is 8.04. The summed E-state index contributed by atoms with van der Waals surface area (Å²) >= 11 is 3.55. The molecule has 3 aliphatic rings. The van der Waals surface area contributed by atoms with Crippen LogP contribution in [0.1, 0.15) is 26.7 Å². The molecule has 0 spiro atoms. The van der Waals surface area contributed by atoms with Crippen molar-refractivity contribution in [2.75, 3.05) is 22.9 Å². The molecule has 0 unspecified atom stereocenters. The van der Waals surface area contributed by atoms with Gasteiger partial charge in [-0.15, -0.1) is 0 Å². The zero-order valence-electron chi connectivity index (χ0n) is 18.4. The van der Waals surface area contributed by atoms with Crippen LogP contribution in [0.2, 0.25) is 0 Å². The van der Waals surface area contributed by atoms with Crippen molar-refractivity contribution in [1.82, 2.24) is 0 Å². The second-order valence-electron chi connectivity index (χ2n) is 7.85. The molecule has 2 aromatic rings. The first-order valence-electron chi connectivity index (χ1n) is 11.1. The highest BCUT2D eigenvalue weighted by atomic mass is 32.2. The summed E-state index contributed by atoms with van der Waals surface area (Å²) < 4.78 is 0. The number of ketones is 1. The molecule has 162 valence electrons. The Hall–Kier alpha value is -2.63. The van der Waals surface area contributed by atoms with Crippen LogP contribution in [0.4, 0.5) is 11.4 Å². The number of allylic oxidation sites excluding steroid dienone is 6. The van der Waals surface area contributed by atoms with E-state index in [1.165, 1.54) is 31.2 Å². The van der Waals surface area contributed by atoms with Gasteiger partial charge in [0.1, 0.15) is 0 Å². The third kappa shape index (κ3) is 3.84. The van der Waals surface area contributed by atoms with Gasteiger partial charge in [-0.3, -0.25) is 4.79 Å². The Bertz CT molecular complexity index is 1100. The molecule has 2 heterocycles. The fourth-order valence-corrected chi connectivity index (χ4v) is 6.63. The highest BCUT2D eigenvalue weighted by Gasteiger charge is 2.26. The monoisotopic (exact) mass is 458 g/mol. The van der Waals surface area contributed by atoms with Gasteiger partial charge in [-0.25, -0.2) is 0 Å². The van der Waals surface area contributed by atoms with Gasteiger partial charge in [0.2, 0.25) is 0 Å². The van der Waals surface area contributed by atoms with E-state index < -0.39 is 0 Å². The zero-order chi connectivity index (χ0) is 22.1. The quantitative estimate of drug-likeness (QED) is 0.453. The first-order chi connectivity index (χ1) is 15.7. The van der Waals surface area contributed by atoms with E-state index in [-0.39, 0.29) is 5.78 Å². The summed E-state index contributed by atoms with van der Waals surface area (Å²) in [6.07, 6.45) is 9.92. The Morgan fingerprint density at radius 3 is 1.59 bits per heavy atom. The molecule has 5 heteroatoms. The van der Waals surface area contributed by atoms with E-state index in [1.54, 1.807) is 23.5 Å². The molecular weight excluding hydrogens is 432 g/mol. The van der Waals surface area contributed by atoms with E-state index in [1.807, 2.05) is 12.2 Å². The fourth-order valence-electron chi connectivity index (χ4n) is 4.37. The molecule has 1 aliphatic carbocycles. The molecular formula is C27H26N2OS2. The topological polar surface area (TPSA) is 23.6 Å². The predicted octanol–water partition coefficient (Wildman–Crippen LogP) is 7.15. The number of carbonyl (C=O) groups is 1. The molecule has 0 N–H and O–H groups in total. The zero-order valence-corrected chi connectivity index (χ0v) is 20.0. The van der Waals surface area contributed by atoms with Gasteiger partial charge < -0.3 is 9.80 Å². The van der Waals surface area contributed by atoms with Crippen LogP contribution in [-0.2, 0) is 4.79 Å². The van der Waals surface area contributed by atoms with Crippen LogP contribution in [0.15, 0.2) is 104 Å². The van der Waals surface area contributed by atoms with E-state index >= 15 is 0 Å². The number of nitrogens with zero attached hydrogens (tertiary/aromatic N) is 2. The molecule has 5 rings (SSSR count). The molecule has 1 saturated carbocycles. The van der Waals surface area contributed by atoms with E-state index in [9.17, 15) is 4.79 Å². The van der Waals surface area contributed by atoms with Crippen LogP contribution in [0.25, 0.3) is 0 Å². The van der Waals surface area contributed by atoms with Crippen molar-refractivity contribution in [3.63, 3.8) is 0 Å². The largest absolute Gasteiger partial charge is 0.335 e. The highest BCUT2D eigenvalue weighted by Crippen LogP contribution is 2.46. The summed E-state index contributed by atoms with van der Waals surface area (Å²) in [7, 11) is 0. The first kappa shape index (κ1) is 21.2. The smallest absolute Gasteiger partial charge is 0.185 e. The second kappa shape index (κ2) is 9.08. The Balaban J connectivity index is 1.33. The van der Waals surface area contributed by atoms with Crippen molar-refractivity contribution in [3.05, 3.63) is 94.0 Å². The maximum atomic E-state index is 13.0. The molecule has 0 radical (unpaired) electrons. The van der Waals surface area contributed by atoms with Gasteiger partial charge >= 0.3 is 0 Å². The van der Waals surface area contributed by atoms with Crippen molar-refractivity contribution in [2.45, 2.75) is 36.5 Å². The van der Waals surface area contributed by atoms with Gasteiger partial charge in [0, 0.05) is 34.0 Å². The van der Waals surface area contributed by atoms with E-state index in [2.05, 4.69) is 84.3 Å². The average Bonchev–Trinajstić information content (AvgIpc) is 3.48. The van der Waals surface area contributed by atoms with Gasteiger partial charge in [-0.05, 0) is 63.1 Å². The molecule has 3 nitrogen and oxygen atoms in total. The molecule has 32 heavy (non-hydrogen) atoms. The standard InChI is InChI=1S/C27H26N2OS2/c1-3-28-21-9-5-7-11-23(21)31-25(28)17-15-19-13-14-20(27(19)30)16-18-26-29(4-2)22-10-6-8-12-24(22)32-26/h5-12,15-18H,3-4,13-14H2,1-2H3/b19-15-,20-16-,25-17-,26-18+. The number of benzene rings is 2. The first-order valence-corrected chi connectivity index (χ1v) is 12.8. The van der Waals surface area contributed by atoms with Crippen LogP contribution in [0.5, 0.6) is 0 Å². The molecule has 2 aromatic carbocycles. The molecule has 0 saturated heterocycles. The summed E-state index contributed by atoms with van der Waals surface area (Å²) in [5, 5.41) is 2.37. The average molecular weight is 459 g/mol. The number of Topliss-reactive ketones (excluding diaryl/α,β-unsaturated/α-hetero) is 1. The molecule has 0 atom stereocenters. The van der Waals surface area contributed by atoms with Crippen molar-refractivity contribution in [3.8, 4) is 0 Å². The van der Waals surface area contributed by atoms with Crippen molar-refractivity contribution in [2.24, 2.45) is 0 Å². The lowest BCUT2D eigenvalue weighted by molar-refractivity contribution is -0.111. The fraction of sp³-hybridized carbons (Fsp3) is 0.222. The van der Waals surface area contributed by atoms with E-state index in [0.717, 1.165) is 37.1 Å². The number of fused-ring (bicyclic) bond motifs is 2. The number of anilines is 2. The minimum absolute atomic E-state index is 0.186. The Morgan fingerprint density at radius 1 is 0.719 bits per heavy atom. The summed E-state index contributed by atoms with van der Waals surface area (Å²) in [6.45, 7) is 6.16. The molecule has 0 amide bonds. The number of thioether (sulfide) groups is 2. The van der Waals surface area contributed by atoms with Crippen LogP contribution in [0.3, 0.4) is 0 Å². The van der Waals surface area contributed by atoms with Gasteiger partial charge in [0.05, 0.1) is 21.4 Å². The number of rotatable bonds is 4. The number of carbonyl (C=O) groups excluding carboxylic acids is 1. The second-order valence-corrected chi connectivity index (χ2v) is 9.98. The minimum Gasteiger partial charge on any atom is -0.335 e. The van der Waals surface area contributed by atoms with Crippen LogP contribution >= 0.6 is 23.5 Å². The Labute approximate surface area is 198 Å². The summed E-state index contributed by atoms with van der Waals surface area (Å²) in [5.41, 5.74) is 4.32. The van der Waals surface area contributed by atoms with E-state index in [4.69, 9.17) is 0 Å². The molecule has 0 aromatic heterocycles. The number of para-hydroxylation sites is 2.